The number of hydrogen-bond acceptors (Lipinski definition) is 5. The van der Waals surface area contributed by atoms with Crippen LogP contribution in [0, 0.1) is 0 Å². The Labute approximate surface area is 293 Å². The fourth-order valence-corrected chi connectivity index (χ4v) is 6.44. The fourth-order valence-electron chi connectivity index (χ4n) is 6.44. The van der Waals surface area contributed by atoms with Crippen LogP contribution < -0.4 is 0 Å². The third kappa shape index (κ3) is 37.6. The van der Waals surface area contributed by atoms with E-state index >= 15 is 0 Å². The Morgan fingerprint density at radius 2 is 0.660 bits per heavy atom. The number of esters is 2. The summed E-state index contributed by atoms with van der Waals surface area (Å²) in [5.41, 5.74) is 0. The van der Waals surface area contributed by atoms with Gasteiger partial charge in [0.1, 0.15) is 6.61 Å². The molecule has 0 bridgehead atoms. The Morgan fingerprint density at radius 3 is 0.936 bits per heavy atom. The molecule has 1 N–H and O–H groups in total. The summed E-state index contributed by atoms with van der Waals surface area (Å²) in [5, 5.41) is 9.56. The fraction of sp³-hybridized carbons (Fsp3) is 0.952. The molecule has 0 aliphatic rings. The van der Waals surface area contributed by atoms with Crippen LogP contribution in [0.4, 0.5) is 0 Å². The van der Waals surface area contributed by atoms with Crippen molar-refractivity contribution in [2.75, 3.05) is 13.2 Å². The van der Waals surface area contributed by atoms with Crippen LogP contribution in [0.1, 0.15) is 239 Å². The largest absolute Gasteiger partial charge is 0.462 e. The van der Waals surface area contributed by atoms with Crippen LogP contribution >= 0.6 is 0 Å². The molecule has 0 aromatic heterocycles. The van der Waals surface area contributed by atoms with Crippen molar-refractivity contribution in [3.05, 3.63) is 0 Å². The average molecular weight is 667 g/mol. The van der Waals surface area contributed by atoms with Crippen molar-refractivity contribution in [1.29, 1.82) is 0 Å². The molecule has 0 aromatic carbocycles. The van der Waals surface area contributed by atoms with Crippen LogP contribution in [0.25, 0.3) is 0 Å². The van der Waals surface area contributed by atoms with E-state index in [0.29, 0.717) is 12.8 Å². The molecule has 5 nitrogen and oxygen atoms in total. The van der Waals surface area contributed by atoms with Crippen molar-refractivity contribution < 1.29 is 24.2 Å². The third-order valence-electron chi connectivity index (χ3n) is 9.65. The zero-order valence-corrected chi connectivity index (χ0v) is 31.8. The Hall–Kier alpha value is -1.10. The summed E-state index contributed by atoms with van der Waals surface area (Å²) in [6.45, 7) is 4.17. The first-order valence-electron chi connectivity index (χ1n) is 21.1. The van der Waals surface area contributed by atoms with Crippen molar-refractivity contribution in [1.82, 2.24) is 0 Å². The van der Waals surface area contributed by atoms with Gasteiger partial charge in [-0.1, -0.05) is 213 Å². The van der Waals surface area contributed by atoms with E-state index in [4.69, 9.17) is 9.47 Å². The van der Waals surface area contributed by atoms with Gasteiger partial charge >= 0.3 is 11.9 Å². The van der Waals surface area contributed by atoms with Crippen LogP contribution in [-0.4, -0.2) is 36.4 Å². The minimum Gasteiger partial charge on any atom is -0.462 e. The summed E-state index contributed by atoms with van der Waals surface area (Å²) in [7, 11) is 0. The number of carbonyl (C=O) groups is 2. The lowest BCUT2D eigenvalue weighted by Crippen LogP contribution is -2.28. The molecule has 0 aliphatic heterocycles. The van der Waals surface area contributed by atoms with Crippen LogP contribution in [0.15, 0.2) is 0 Å². The van der Waals surface area contributed by atoms with Gasteiger partial charge in [0.25, 0.3) is 0 Å². The molecule has 280 valence electrons. The summed E-state index contributed by atoms with van der Waals surface area (Å²) in [6, 6.07) is 0. The second-order valence-electron chi connectivity index (χ2n) is 14.4. The minimum absolute atomic E-state index is 0.0566. The third-order valence-corrected chi connectivity index (χ3v) is 9.65. The van der Waals surface area contributed by atoms with Gasteiger partial charge in [0.15, 0.2) is 6.10 Å². The maximum atomic E-state index is 12.2. The predicted octanol–water partition coefficient (Wildman–Crippen LogP) is 13.1. The van der Waals surface area contributed by atoms with Gasteiger partial charge < -0.3 is 14.6 Å². The highest BCUT2D eigenvalue weighted by molar-refractivity contribution is 5.70. The molecule has 0 rings (SSSR count). The van der Waals surface area contributed by atoms with E-state index in [1.165, 1.54) is 180 Å². The first-order chi connectivity index (χ1) is 23.1. The SMILES string of the molecule is CCCCCCCCCCCCCCCCCCCCC(=O)O[C@@H](CO)COC(=O)CCCCCCCCCCCCCCCCC. The highest BCUT2D eigenvalue weighted by Crippen LogP contribution is 2.16. The Bertz CT molecular complexity index is 637. The summed E-state index contributed by atoms with van der Waals surface area (Å²) in [5.74, 6) is -0.573. The lowest BCUT2D eigenvalue weighted by Gasteiger charge is -2.15. The molecule has 0 radical (unpaired) electrons. The van der Waals surface area contributed by atoms with Crippen molar-refractivity contribution in [2.45, 2.75) is 245 Å². The molecule has 0 spiro atoms. The molecule has 0 unspecified atom stereocenters. The first-order valence-corrected chi connectivity index (χ1v) is 21.1. The number of carbonyl (C=O) groups excluding carboxylic acids is 2. The number of unbranched alkanes of at least 4 members (excludes halogenated alkanes) is 31. The van der Waals surface area contributed by atoms with E-state index in [-0.39, 0.29) is 25.2 Å². The smallest absolute Gasteiger partial charge is 0.306 e. The average Bonchev–Trinajstić information content (AvgIpc) is 3.07. The summed E-state index contributed by atoms with van der Waals surface area (Å²) in [4.78, 5) is 24.3. The standard InChI is InChI=1S/C42H82O5/c1-3-5-7-9-11-13-15-17-19-20-21-23-25-27-29-31-33-35-37-42(45)47-40(38-43)39-46-41(44)36-34-32-30-28-26-24-22-18-16-14-12-10-8-6-4-2/h40,43H,3-39H2,1-2H3/t40-/m0/s1. The molecule has 0 heterocycles. The highest BCUT2D eigenvalue weighted by atomic mass is 16.6. The monoisotopic (exact) mass is 667 g/mol. The van der Waals surface area contributed by atoms with Crippen LogP contribution in [0.5, 0.6) is 0 Å². The molecule has 47 heavy (non-hydrogen) atoms. The normalized spacial score (nSPS) is 12.0. The van der Waals surface area contributed by atoms with Crippen molar-refractivity contribution in [3.63, 3.8) is 0 Å². The van der Waals surface area contributed by atoms with E-state index in [1.807, 2.05) is 0 Å². The summed E-state index contributed by atoms with van der Waals surface area (Å²) in [6.07, 6.45) is 43.1. The van der Waals surface area contributed by atoms with E-state index in [1.54, 1.807) is 0 Å². The molecule has 1 atom stereocenters. The van der Waals surface area contributed by atoms with Crippen molar-refractivity contribution in [2.24, 2.45) is 0 Å². The van der Waals surface area contributed by atoms with Gasteiger partial charge in [-0.2, -0.15) is 0 Å². The second-order valence-corrected chi connectivity index (χ2v) is 14.4. The summed E-state index contributed by atoms with van der Waals surface area (Å²) < 4.78 is 10.6. The predicted molar refractivity (Wildman–Crippen MR) is 201 cm³/mol. The molecular formula is C42H82O5. The zero-order valence-electron chi connectivity index (χ0n) is 31.8. The van der Waals surface area contributed by atoms with Gasteiger partial charge in [-0.15, -0.1) is 0 Å². The molecule has 0 aromatic rings. The quantitative estimate of drug-likeness (QED) is 0.0522. The number of rotatable bonds is 39. The van der Waals surface area contributed by atoms with Gasteiger partial charge in [0.05, 0.1) is 6.61 Å². The Kier molecular flexibility index (Phi) is 38.4. The van der Waals surface area contributed by atoms with E-state index in [2.05, 4.69) is 13.8 Å². The minimum atomic E-state index is -0.761. The topological polar surface area (TPSA) is 72.8 Å². The van der Waals surface area contributed by atoms with E-state index in [9.17, 15) is 14.7 Å². The van der Waals surface area contributed by atoms with Gasteiger partial charge in [-0.25, -0.2) is 0 Å². The number of aliphatic hydroxyl groups excluding tert-OH is 1. The highest BCUT2D eigenvalue weighted by Gasteiger charge is 2.16. The zero-order chi connectivity index (χ0) is 34.3. The maximum Gasteiger partial charge on any atom is 0.306 e. The van der Waals surface area contributed by atoms with Crippen LogP contribution in [-0.2, 0) is 19.1 Å². The molecule has 0 fully saturated rings. The Morgan fingerprint density at radius 1 is 0.404 bits per heavy atom. The lowest BCUT2D eigenvalue weighted by atomic mass is 10.0. The number of hydrogen-bond donors (Lipinski definition) is 1. The molecule has 0 saturated carbocycles. The van der Waals surface area contributed by atoms with Crippen molar-refractivity contribution >= 4 is 11.9 Å². The van der Waals surface area contributed by atoms with Crippen LogP contribution in [0.3, 0.4) is 0 Å². The van der Waals surface area contributed by atoms with Gasteiger partial charge in [0, 0.05) is 12.8 Å². The second kappa shape index (κ2) is 39.3. The molecule has 0 aliphatic carbocycles. The molecular weight excluding hydrogens is 584 g/mol. The van der Waals surface area contributed by atoms with Crippen LogP contribution in [0.2, 0.25) is 0 Å². The molecule has 0 amide bonds. The molecule has 5 heteroatoms. The molecule has 0 saturated heterocycles. The van der Waals surface area contributed by atoms with Gasteiger partial charge in [-0.05, 0) is 12.8 Å². The first kappa shape index (κ1) is 45.9. The summed E-state index contributed by atoms with van der Waals surface area (Å²) >= 11 is 0. The number of ether oxygens (including phenoxy) is 2. The van der Waals surface area contributed by atoms with E-state index in [0.717, 1.165) is 32.1 Å². The van der Waals surface area contributed by atoms with E-state index < -0.39 is 6.10 Å². The maximum absolute atomic E-state index is 12.2. The van der Waals surface area contributed by atoms with Gasteiger partial charge in [-0.3, -0.25) is 9.59 Å². The van der Waals surface area contributed by atoms with Gasteiger partial charge in [0.2, 0.25) is 0 Å². The Balaban J connectivity index is 3.47. The number of aliphatic hydroxyl groups is 1. The van der Waals surface area contributed by atoms with Crippen molar-refractivity contribution in [3.8, 4) is 0 Å². The lowest BCUT2D eigenvalue weighted by molar-refractivity contribution is -0.161.